The minimum atomic E-state index is -0.579. The van der Waals surface area contributed by atoms with Crippen LogP contribution >= 0.6 is 0 Å². The maximum atomic E-state index is 13.5. The molecule has 0 spiro atoms. The lowest BCUT2D eigenvalue weighted by atomic mass is 10.1. The Labute approximate surface area is 219 Å². The highest BCUT2D eigenvalue weighted by molar-refractivity contribution is 5.80. The van der Waals surface area contributed by atoms with Gasteiger partial charge in [0.25, 0.3) is 0 Å². The molecule has 12 heteroatoms. The van der Waals surface area contributed by atoms with Crippen molar-refractivity contribution in [3.63, 3.8) is 0 Å². The van der Waals surface area contributed by atoms with Gasteiger partial charge in [0.05, 0.1) is 11.8 Å². The first-order chi connectivity index (χ1) is 17.1. The normalized spacial score (nSPS) is 16.2. The van der Waals surface area contributed by atoms with Crippen molar-refractivity contribution in [2.45, 2.75) is 97.5 Å². The van der Waals surface area contributed by atoms with Gasteiger partial charge in [0, 0.05) is 45.3 Å². The highest BCUT2D eigenvalue weighted by Crippen LogP contribution is 2.20. The van der Waals surface area contributed by atoms with Gasteiger partial charge in [-0.15, -0.1) is 5.10 Å². The third-order valence-electron chi connectivity index (χ3n) is 5.48. The number of hydrogen-bond donors (Lipinski definition) is 2. The van der Waals surface area contributed by atoms with Crippen LogP contribution in [0.2, 0.25) is 0 Å². The third kappa shape index (κ3) is 10.9. The molecular formula is C25H44N6O6. The fraction of sp³-hybridized carbons (Fsp3) is 0.800. The molecule has 1 unspecified atom stereocenters. The van der Waals surface area contributed by atoms with Gasteiger partial charge in [-0.25, -0.2) is 14.3 Å². The van der Waals surface area contributed by atoms with Crippen LogP contribution in [0.1, 0.15) is 79.5 Å². The lowest BCUT2D eigenvalue weighted by Crippen LogP contribution is -2.53. The van der Waals surface area contributed by atoms with E-state index in [2.05, 4.69) is 15.6 Å². The number of amides is 3. The molecule has 1 aromatic heterocycles. The van der Waals surface area contributed by atoms with Gasteiger partial charge >= 0.3 is 12.2 Å². The van der Waals surface area contributed by atoms with Gasteiger partial charge < -0.3 is 29.7 Å². The van der Waals surface area contributed by atoms with Gasteiger partial charge in [0.2, 0.25) is 5.91 Å². The summed E-state index contributed by atoms with van der Waals surface area (Å²) in [6.45, 7) is 14.5. The number of nitrogens with zero attached hydrogens (tertiary/aromatic N) is 5. The molecule has 0 bridgehead atoms. The van der Waals surface area contributed by atoms with Gasteiger partial charge in [0.15, 0.2) is 0 Å². The molecule has 0 saturated carbocycles. The largest absolute Gasteiger partial charge is 0.444 e. The number of ether oxygens (including phenoxy) is 2. The molecule has 1 aliphatic heterocycles. The predicted molar refractivity (Wildman–Crippen MR) is 137 cm³/mol. The van der Waals surface area contributed by atoms with E-state index in [1.165, 1.54) is 0 Å². The van der Waals surface area contributed by atoms with E-state index < -0.39 is 29.4 Å². The molecule has 1 saturated heterocycles. The monoisotopic (exact) mass is 524 g/mol. The van der Waals surface area contributed by atoms with Crippen LogP contribution in [0.15, 0.2) is 6.20 Å². The summed E-state index contributed by atoms with van der Waals surface area (Å²) in [7, 11) is 0. The van der Waals surface area contributed by atoms with E-state index in [9.17, 15) is 19.5 Å². The van der Waals surface area contributed by atoms with E-state index in [4.69, 9.17) is 9.47 Å². The highest BCUT2D eigenvalue weighted by Gasteiger charge is 2.32. The zero-order valence-electron chi connectivity index (χ0n) is 23.3. The number of carbonyl (C=O) groups excluding carboxylic acids is 3. The Morgan fingerprint density at radius 3 is 2.16 bits per heavy atom. The summed E-state index contributed by atoms with van der Waals surface area (Å²) in [5.41, 5.74) is -0.537. The maximum absolute atomic E-state index is 13.5. The van der Waals surface area contributed by atoms with Crippen molar-refractivity contribution < 1.29 is 29.0 Å². The van der Waals surface area contributed by atoms with Gasteiger partial charge in [0.1, 0.15) is 17.2 Å². The standard InChI is InChI=1S/C25H44N6O6/c1-18(32)16-19-17-31(28-27-19)20(10-8-9-11-26-22(34)36-24(2,3)4)21(33)29-12-14-30(15-13-29)23(35)37-25(5,6)7/h17-18,20,32H,8-16H2,1-7H3,(H,26,34)/t18?,20-/m0/s1. The highest BCUT2D eigenvalue weighted by atomic mass is 16.6. The number of aliphatic hydroxyl groups is 1. The van der Waals surface area contributed by atoms with Crippen molar-refractivity contribution in [1.29, 1.82) is 0 Å². The van der Waals surface area contributed by atoms with Crippen molar-refractivity contribution in [2.24, 2.45) is 0 Å². The predicted octanol–water partition coefficient (Wildman–Crippen LogP) is 2.52. The summed E-state index contributed by atoms with van der Waals surface area (Å²) in [6, 6.07) is -0.579. The van der Waals surface area contributed by atoms with Crippen LogP contribution in [0.4, 0.5) is 9.59 Å². The quantitative estimate of drug-likeness (QED) is 0.470. The fourth-order valence-corrected chi connectivity index (χ4v) is 3.84. The first-order valence-electron chi connectivity index (χ1n) is 13.0. The molecule has 2 N–H and O–H groups in total. The van der Waals surface area contributed by atoms with Crippen molar-refractivity contribution in [3.05, 3.63) is 11.9 Å². The first-order valence-corrected chi connectivity index (χ1v) is 13.0. The van der Waals surface area contributed by atoms with Crippen molar-refractivity contribution >= 4 is 18.1 Å². The molecule has 2 atom stereocenters. The van der Waals surface area contributed by atoms with Crippen molar-refractivity contribution in [1.82, 2.24) is 30.1 Å². The number of carbonyl (C=O) groups is 3. The summed E-state index contributed by atoms with van der Waals surface area (Å²) >= 11 is 0. The molecule has 12 nitrogen and oxygen atoms in total. The number of aromatic nitrogens is 3. The Bertz CT molecular complexity index is 896. The van der Waals surface area contributed by atoms with Gasteiger partial charge in [-0.1, -0.05) is 5.21 Å². The number of piperazine rings is 1. The molecule has 0 radical (unpaired) electrons. The van der Waals surface area contributed by atoms with Crippen LogP contribution in [0.25, 0.3) is 0 Å². The SMILES string of the molecule is CC(O)Cc1cn([C@@H](CCCCNC(=O)OC(C)(C)C)C(=O)N2CCN(C(=O)OC(C)(C)C)CC2)nn1. The summed E-state index contributed by atoms with van der Waals surface area (Å²) in [5.74, 6) is -0.0996. The van der Waals surface area contributed by atoms with Crippen LogP contribution in [0, 0.1) is 0 Å². The molecule has 1 fully saturated rings. The van der Waals surface area contributed by atoms with Gasteiger partial charge in [-0.2, -0.15) is 0 Å². The molecule has 1 aromatic rings. The zero-order chi connectivity index (χ0) is 27.8. The van der Waals surface area contributed by atoms with E-state index in [1.54, 1.807) is 48.4 Å². The smallest absolute Gasteiger partial charge is 0.410 e. The zero-order valence-corrected chi connectivity index (χ0v) is 23.3. The van der Waals surface area contributed by atoms with Gasteiger partial charge in [-0.3, -0.25) is 4.79 Å². The van der Waals surface area contributed by atoms with Crippen LogP contribution in [0.5, 0.6) is 0 Å². The van der Waals surface area contributed by atoms with Gasteiger partial charge in [-0.05, 0) is 67.7 Å². The number of aliphatic hydroxyl groups excluding tert-OH is 1. The third-order valence-corrected chi connectivity index (χ3v) is 5.48. The summed E-state index contributed by atoms with van der Waals surface area (Å²) in [6.07, 6.45) is 2.44. The first kappa shape index (κ1) is 30.3. The minimum absolute atomic E-state index is 0.0996. The number of hydrogen-bond acceptors (Lipinski definition) is 8. The number of nitrogens with one attached hydrogen (secondary N) is 1. The summed E-state index contributed by atoms with van der Waals surface area (Å²) < 4.78 is 12.3. The van der Waals surface area contributed by atoms with Crippen molar-refractivity contribution in [2.75, 3.05) is 32.7 Å². The Balaban J connectivity index is 1.98. The van der Waals surface area contributed by atoms with E-state index in [1.807, 2.05) is 20.8 Å². The Kier molecular flexibility index (Phi) is 10.7. The van der Waals surface area contributed by atoms with Crippen LogP contribution < -0.4 is 5.32 Å². The Morgan fingerprint density at radius 2 is 1.59 bits per heavy atom. The lowest BCUT2D eigenvalue weighted by molar-refractivity contribution is -0.137. The van der Waals surface area contributed by atoms with Crippen LogP contribution in [-0.2, 0) is 20.7 Å². The Morgan fingerprint density at radius 1 is 1.00 bits per heavy atom. The maximum Gasteiger partial charge on any atom is 0.410 e. The second kappa shape index (κ2) is 13.1. The average Bonchev–Trinajstić information content (AvgIpc) is 3.20. The van der Waals surface area contributed by atoms with Crippen LogP contribution in [0.3, 0.4) is 0 Å². The second-order valence-corrected chi connectivity index (χ2v) is 11.5. The van der Waals surface area contributed by atoms with E-state index >= 15 is 0 Å². The molecule has 3 amide bonds. The molecular weight excluding hydrogens is 480 g/mol. The molecule has 0 aliphatic carbocycles. The minimum Gasteiger partial charge on any atom is -0.444 e. The lowest BCUT2D eigenvalue weighted by Gasteiger charge is -2.37. The number of unbranched alkanes of at least 4 members (excludes halogenated alkanes) is 1. The Hall–Kier alpha value is -2.89. The molecule has 0 aromatic carbocycles. The topological polar surface area (TPSA) is 139 Å². The number of alkyl carbamates (subject to hydrolysis) is 1. The molecule has 2 heterocycles. The molecule has 210 valence electrons. The van der Waals surface area contributed by atoms with E-state index in [0.29, 0.717) is 64.1 Å². The molecule has 2 rings (SSSR count). The average molecular weight is 525 g/mol. The molecule has 1 aliphatic rings. The molecule has 37 heavy (non-hydrogen) atoms. The van der Waals surface area contributed by atoms with Crippen LogP contribution in [-0.4, -0.2) is 98.0 Å². The summed E-state index contributed by atoms with van der Waals surface area (Å²) in [4.78, 5) is 41.1. The van der Waals surface area contributed by atoms with E-state index in [-0.39, 0.29) is 12.0 Å². The number of rotatable bonds is 9. The second-order valence-electron chi connectivity index (χ2n) is 11.5. The fourth-order valence-electron chi connectivity index (χ4n) is 3.84. The van der Waals surface area contributed by atoms with E-state index in [0.717, 1.165) is 0 Å². The van der Waals surface area contributed by atoms with Crippen molar-refractivity contribution in [3.8, 4) is 0 Å². The summed E-state index contributed by atoms with van der Waals surface area (Å²) in [5, 5.41) is 20.7.